The molecule has 5 nitrogen and oxygen atoms in total. The molecule has 0 aliphatic carbocycles. The highest BCUT2D eigenvalue weighted by atomic mass is 16.5. The van der Waals surface area contributed by atoms with Crippen LogP contribution in [0.25, 0.3) is 0 Å². The lowest BCUT2D eigenvalue weighted by atomic mass is 9.91. The maximum absolute atomic E-state index is 9.65. The topological polar surface area (TPSA) is 90.2 Å². The Kier molecular flexibility index (Phi) is 4.48. The van der Waals surface area contributed by atoms with E-state index in [0.717, 1.165) is 0 Å². The normalized spacial score (nSPS) is 42.2. The molecule has 5 atom stereocenters. The van der Waals surface area contributed by atoms with Crippen molar-refractivity contribution in [1.29, 1.82) is 0 Å². The number of aliphatic hydroxyl groups excluding tert-OH is 4. The molecule has 1 fully saturated rings. The molecule has 15 heavy (non-hydrogen) atoms. The minimum absolute atomic E-state index is 0.312. The molecule has 0 aromatic heterocycles. The molecule has 1 saturated heterocycles. The van der Waals surface area contributed by atoms with Crippen molar-refractivity contribution in [2.75, 3.05) is 6.61 Å². The van der Waals surface area contributed by atoms with Gasteiger partial charge >= 0.3 is 0 Å². The molecule has 90 valence electrons. The first kappa shape index (κ1) is 12.9. The zero-order valence-corrected chi connectivity index (χ0v) is 9.08. The second kappa shape index (κ2) is 5.23. The van der Waals surface area contributed by atoms with Crippen LogP contribution in [0.2, 0.25) is 0 Å². The van der Waals surface area contributed by atoms with Gasteiger partial charge in [-0.3, -0.25) is 0 Å². The van der Waals surface area contributed by atoms with Crippen molar-refractivity contribution in [3.63, 3.8) is 0 Å². The zero-order chi connectivity index (χ0) is 11.6. The zero-order valence-electron chi connectivity index (χ0n) is 9.08. The second-order valence-electron chi connectivity index (χ2n) is 4.50. The number of rotatable bonds is 3. The van der Waals surface area contributed by atoms with Gasteiger partial charge in [0.2, 0.25) is 0 Å². The van der Waals surface area contributed by atoms with Gasteiger partial charge < -0.3 is 25.2 Å². The Morgan fingerprint density at radius 3 is 2.00 bits per heavy atom. The minimum Gasteiger partial charge on any atom is -0.394 e. The molecule has 0 bridgehead atoms. The quantitative estimate of drug-likeness (QED) is 0.483. The van der Waals surface area contributed by atoms with Crippen molar-refractivity contribution in [2.24, 2.45) is 5.92 Å². The van der Waals surface area contributed by atoms with Crippen LogP contribution in [-0.4, -0.2) is 57.6 Å². The van der Waals surface area contributed by atoms with E-state index in [1.807, 2.05) is 13.8 Å². The van der Waals surface area contributed by atoms with Crippen LogP contribution in [-0.2, 0) is 4.74 Å². The van der Waals surface area contributed by atoms with Crippen LogP contribution < -0.4 is 0 Å². The average Bonchev–Trinajstić information content (AvgIpc) is 2.18. The Balaban J connectivity index is 2.65. The molecule has 0 radical (unpaired) electrons. The first-order valence-electron chi connectivity index (χ1n) is 5.28. The van der Waals surface area contributed by atoms with E-state index in [4.69, 9.17) is 9.84 Å². The van der Waals surface area contributed by atoms with Crippen LogP contribution in [0.1, 0.15) is 20.3 Å². The molecule has 0 aromatic rings. The van der Waals surface area contributed by atoms with E-state index in [1.54, 1.807) is 0 Å². The molecule has 1 aliphatic rings. The van der Waals surface area contributed by atoms with Gasteiger partial charge in [-0.1, -0.05) is 13.8 Å². The Morgan fingerprint density at radius 1 is 1.00 bits per heavy atom. The summed E-state index contributed by atoms with van der Waals surface area (Å²) in [6.07, 6.45) is -4.33. The molecule has 1 rings (SSSR count). The number of hydrogen-bond acceptors (Lipinski definition) is 5. The predicted octanol–water partition coefficient (Wildman–Crippen LogP) is -1.13. The molecule has 0 aromatic carbocycles. The van der Waals surface area contributed by atoms with Gasteiger partial charge in [0, 0.05) is 0 Å². The third kappa shape index (κ3) is 2.89. The fourth-order valence-corrected chi connectivity index (χ4v) is 1.84. The summed E-state index contributed by atoms with van der Waals surface area (Å²) in [5, 5.41) is 37.6. The maximum Gasteiger partial charge on any atom is 0.111 e. The number of aliphatic hydroxyl groups is 4. The molecule has 1 unspecified atom stereocenters. The molecule has 1 aliphatic heterocycles. The number of hydrogen-bond donors (Lipinski definition) is 4. The van der Waals surface area contributed by atoms with E-state index >= 15 is 0 Å². The maximum atomic E-state index is 9.65. The van der Waals surface area contributed by atoms with Gasteiger partial charge in [-0.15, -0.1) is 0 Å². The number of ether oxygens (including phenoxy) is 1. The van der Waals surface area contributed by atoms with Crippen LogP contribution in [0.4, 0.5) is 0 Å². The molecule has 0 amide bonds. The summed E-state index contributed by atoms with van der Waals surface area (Å²) in [7, 11) is 0. The third-order valence-electron chi connectivity index (χ3n) is 2.69. The van der Waals surface area contributed by atoms with Gasteiger partial charge in [0.15, 0.2) is 0 Å². The lowest BCUT2D eigenvalue weighted by molar-refractivity contribution is -0.232. The third-order valence-corrected chi connectivity index (χ3v) is 2.69. The van der Waals surface area contributed by atoms with Gasteiger partial charge in [-0.2, -0.15) is 0 Å². The van der Waals surface area contributed by atoms with E-state index in [-0.39, 0.29) is 6.61 Å². The van der Waals surface area contributed by atoms with E-state index in [9.17, 15) is 15.3 Å². The minimum atomic E-state index is -1.25. The van der Waals surface area contributed by atoms with Crippen LogP contribution in [0.3, 0.4) is 0 Å². The van der Waals surface area contributed by atoms with Crippen molar-refractivity contribution >= 4 is 0 Å². The highest BCUT2D eigenvalue weighted by Gasteiger charge is 2.43. The first-order valence-corrected chi connectivity index (χ1v) is 5.28. The van der Waals surface area contributed by atoms with E-state index < -0.39 is 30.5 Å². The summed E-state index contributed by atoms with van der Waals surface area (Å²) < 4.78 is 5.33. The molecule has 1 heterocycles. The van der Waals surface area contributed by atoms with Gasteiger partial charge in [0.1, 0.15) is 24.4 Å². The summed E-state index contributed by atoms with van der Waals surface area (Å²) in [6.45, 7) is 3.59. The van der Waals surface area contributed by atoms with Crippen molar-refractivity contribution in [2.45, 2.75) is 50.8 Å². The van der Waals surface area contributed by atoms with E-state index in [2.05, 4.69) is 0 Å². The van der Waals surface area contributed by atoms with Gasteiger partial charge in [0.25, 0.3) is 0 Å². The van der Waals surface area contributed by atoms with Gasteiger partial charge in [-0.05, 0) is 12.3 Å². The van der Waals surface area contributed by atoms with Crippen LogP contribution in [0.15, 0.2) is 0 Å². The fourth-order valence-electron chi connectivity index (χ4n) is 1.84. The van der Waals surface area contributed by atoms with E-state index in [0.29, 0.717) is 12.3 Å². The molecular weight excluding hydrogens is 200 g/mol. The van der Waals surface area contributed by atoms with Gasteiger partial charge in [-0.25, -0.2) is 0 Å². The smallest absolute Gasteiger partial charge is 0.111 e. The average molecular weight is 220 g/mol. The Morgan fingerprint density at radius 2 is 1.53 bits per heavy atom. The van der Waals surface area contributed by atoms with Crippen molar-refractivity contribution < 1.29 is 25.2 Å². The molecule has 4 N–H and O–H groups in total. The summed E-state index contributed by atoms with van der Waals surface area (Å²) >= 11 is 0. The first-order chi connectivity index (χ1) is 6.97. The van der Waals surface area contributed by atoms with Crippen LogP contribution >= 0.6 is 0 Å². The highest BCUT2D eigenvalue weighted by molar-refractivity contribution is 4.92. The van der Waals surface area contributed by atoms with Crippen LogP contribution in [0.5, 0.6) is 0 Å². The fraction of sp³-hybridized carbons (Fsp3) is 1.00. The van der Waals surface area contributed by atoms with Crippen LogP contribution in [0, 0.1) is 5.92 Å². The summed E-state index contributed by atoms with van der Waals surface area (Å²) in [4.78, 5) is 0. The second-order valence-corrected chi connectivity index (χ2v) is 4.50. The lowest BCUT2D eigenvalue weighted by Crippen LogP contribution is -2.58. The van der Waals surface area contributed by atoms with E-state index in [1.165, 1.54) is 0 Å². The van der Waals surface area contributed by atoms with Crippen molar-refractivity contribution in [1.82, 2.24) is 0 Å². The Bertz CT molecular complexity index is 194. The standard InChI is InChI=1S/C10H20O5/c1-5(2)3-6-8(12)10(14)9(13)7(4-11)15-6/h5-14H,3-4H2,1-2H3/t6?,7-,8+,9-,10-/m1/s1. The molecule has 0 saturated carbocycles. The van der Waals surface area contributed by atoms with Crippen molar-refractivity contribution in [3.8, 4) is 0 Å². The lowest BCUT2D eigenvalue weighted by Gasteiger charge is -2.40. The highest BCUT2D eigenvalue weighted by Crippen LogP contribution is 2.25. The Hall–Kier alpha value is -0.200. The summed E-state index contributed by atoms with van der Waals surface area (Å²) in [6, 6.07) is 0. The molecule has 5 heteroatoms. The molecule has 0 spiro atoms. The van der Waals surface area contributed by atoms with Crippen molar-refractivity contribution in [3.05, 3.63) is 0 Å². The monoisotopic (exact) mass is 220 g/mol. The molecular formula is C10H20O5. The predicted molar refractivity (Wildman–Crippen MR) is 53.2 cm³/mol. The SMILES string of the molecule is CC(C)CC1O[C@H](CO)[C@@H](O)[C@H](O)[C@H]1O. The largest absolute Gasteiger partial charge is 0.394 e. The Labute approximate surface area is 89.3 Å². The summed E-state index contributed by atoms with van der Waals surface area (Å²) in [5.41, 5.74) is 0. The van der Waals surface area contributed by atoms with Gasteiger partial charge in [0.05, 0.1) is 12.7 Å². The summed E-state index contributed by atoms with van der Waals surface area (Å²) in [5.74, 6) is 0.312.